The second kappa shape index (κ2) is 5.38. The lowest BCUT2D eigenvalue weighted by Gasteiger charge is -2.00. The number of benzene rings is 1. The summed E-state index contributed by atoms with van der Waals surface area (Å²) >= 11 is 0. The largest absolute Gasteiger partial charge is 0.289 e. The Labute approximate surface area is 85.5 Å². The maximum atomic E-state index is 11.2. The quantitative estimate of drug-likeness (QED) is 0.511. The molecule has 0 aliphatic rings. The smallest absolute Gasteiger partial charge is 0.185 e. The molecule has 1 aromatic rings. The number of carbonyl (C=O) groups excluding carboxylic acids is 1. The van der Waals surface area contributed by atoms with Gasteiger partial charge < -0.3 is 0 Å². The molecule has 0 N–H and O–H groups in total. The molecule has 0 unspecified atom stereocenters. The van der Waals surface area contributed by atoms with Gasteiger partial charge in [0.1, 0.15) is 0 Å². The van der Waals surface area contributed by atoms with E-state index in [4.69, 9.17) is 0 Å². The lowest BCUT2D eigenvalue weighted by molar-refractivity contribution is 0.104. The van der Waals surface area contributed by atoms with E-state index in [0.29, 0.717) is 0 Å². The minimum Gasteiger partial charge on any atom is -0.289 e. The average Bonchev–Trinajstić information content (AvgIpc) is 2.26. The molecule has 0 heterocycles. The first-order chi connectivity index (χ1) is 6.77. The van der Waals surface area contributed by atoms with E-state index in [-0.39, 0.29) is 5.78 Å². The van der Waals surface area contributed by atoms with E-state index >= 15 is 0 Å². The summed E-state index contributed by atoms with van der Waals surface area (Å²) < 4.78 is 0. The predicted octanol–water partition coefficient (Wildman–Crippen LogP) is 3.40. The second-order valence-corrected chi connectivity index (χ2v) is 3.37. The van der Waals surface area contributed by atoms with Crippen molar-refractivity contribution in [1.82, 2.24) is 0 Å². The first kappa shape index (κ1) is 10.7. The molecule has 0 radical (unpaired) electrons. The van der Waals surface area contributed by atoms with Crippen LogP contribution in [0.4, 0.5) is 0 Å². The van der Waals surface area contributed by atoms with E-state index < -0.39 is 0 Å². The van der Waals surface area contributed by atoms with Crippen LogP contribution < -0.4 is 0 Å². The summed E-state index contributed by atoms with van der Waals surface area (Å²) in [6.07, 6.45) is 4.85. The monoisotopic (exact) mass is 188 g/mol. The van der Waals surface area contributed by atoms with Crippen LogP contribution in [-0.2, 0) is 6.42 Å². The molecule has 0 saturated heterocycles. The molecule has 1 rings (SSSR count). The fraction of sp³-hybridized carbons (Fsp3) is 0.308. The van der Waals surface area contributed by atoms with Crippen LogP contribution in [0.5, 0.6) is 0 Å². The Kier molecular flexibility index (Phi) is 4.11. The Hall–Kier alpha value is -1.37. The van der Waals surface area contributed by atoms with Gasteiger partial charge in [0.15, 0.2) is 5.78 Å². The van der Waals surface area contributed by atoms with Crippen LogP contribution >= 0.6 is 0 Å². The molecule has 0 aliphatic heterocycles. The fourth-order valence-corrected chi connectivity index (χ4v) is 1.33. The molecule has 0 spiro atoms. The Bertz CT molecular complexity index is 309. The van der Waals surface area contributed by atoms with Crippen molar-refractivity contribution in [2.75, 3.05) is 0 Å². The Morgan fingerprint density at radius 3 is 2.50 bits per heavy atom. The van der Waals surface area contributed by atoms with Crippen LogP contribution in [0, 0.1) is 0 Å². The highest BCUT2D eigenvalue weighted by Gasteiger charge is 1.99. The van der Waals surface area contributed by atoms with Crippen molar-refractivity contribution in [3.63, 3.8) is 0 Å². The average molecular weight is 188 g/mol. The number of rotatable bonds is 5. The SMILES string of the molecule is C=CC(=O)c1ccc(CCCC)cc1. The van der Waals surface area contributed by atoms with E-state index in [1.807, 2.05) is 24.3 Å². The van der Waals surface area contributed by atoms with E-state index in [0.717, 1.165) is 12.0 Å². The molecule has 0 aliphatic carbocycles. The van der Waals surface area contributed by atoms with Crippen molar-refractivity contribution in [2.45, 2.75) is 26.2 Å². The van der Waals surface area contributed by atoms with Crippen molar-refractivity contribution in [3.05, 3.63) is 48.0 Å². The molecule has 14 heavy (non-hydrogen) atoms. The van der Waals surface area contributed by atoms with Gasteiger partial charge in [0.25, 0.3) is 0 Å². The summed E-state index contributed by atoms with van der Waals surface area (Å²) in [5, 5.41) is 0. The van der Waals surface area contributed by atoms with Gasteiger partial charge in [0.05, 0.1) is 0 Å². The molecule has 0 aromatic heterocycles. The van der Waals surface area contributed by atoms with Gasteiger partial charge in [-0.05, 0) is 24.5 Å². The second-order valence-electron chi connectivity index (χ2n) is 3.37. The molecule has 0 atom stereocenters. The number of ketones is 1. The summed E-state index contributed by atoms with van der Waals surface area (Å²) in [6.45, 7) is 5.64. The van der Waals surface area contributed by atoms with E-state index in [2.05, 4.69) is 13.5 Å². The van der Waals surface area contributed by atoms with Crippen molar-refractivity contribution in [1.29, 1.82) is 0 Å². The highest BCUT2D eigenvalue weighted by molar-refractivity contribution is 6.04. The number of hydrogen-bond donors (Lipinski definition) is 0. The Morgan fingerprint density at radius 2 is 2.00 bits per heavy atom. The van der Waals surface area contributed by atoms with Gasteiger partial charge in [-0.2, -0.15) is 0 Å². The van der Waals surface area contributed by atoms with E-state index in [1.54, 1.807) is 0 Å². The fourth-order valence-electron chi connectivity index (χ4n) is 1.33. The molecule has 74 valence electrons. The van der Waals surface area contributed by atoms with Gasteiger partial charge in [-0.25, -0.2) is 0 Å². The molecule has 0 fully saturated rings. The number of unbranched alkanes of at least 4 members (excludes halogenated alkanes) is 1. The van der Waals surface area contributed by atoms with Crippen molar-refractivity contribution in [3.8, 4) is 0 Å². The summed E-state index contributed by atoms with van der Waals surface area (Å²) in [5.41, 5.74) is 2.02. The molecular formula is C13H16O. The summed E-state index contributed by atoms with van der Waals surface area (Å²) in [4.78, 5) is 11.2. The Morgan fingerprint density at radius 1 is 1.36 bits per heavy atom. The van der Waals surface area contributed by atoms with Gasteiger partial charge in [0.2, 0.25) is 0 Å². The summed E-state index contributed by atoms with van der Waals surface area (Å²) in [7, 11) is 0. The van der Waals surface area contributed by atoms with Crippen LogP contribution in [0.1, 0.15) is 35.7 Å². The topological polar surface area (TPSA) is 17.1 Å². The summed E-state index contributed by atoms with van der Waals surface area (Å²) in [5.74, 6) is -0.00737. The molecule has 0 bridgehead atoms. The van der Waals surface area contributed by atoms with Gasteiger partial charge in [-0.3, -0.25) is 4.79 Å². The van der Waals surface area contributed by atoms with Gasteiger partial charge in [-0.1, -0.05) is 44.2 Å². The zero-order chi connectivity index (χ0) is 10.4. The molecule has 0 saturated carbocycles. The normalized spacial score (nSPS) is 9.79. The highest BCUT2D eigenvalue weighted by Crippen LogP contribution is 2.08. The van der Waals surface area contributed by atoms with Crippen LogP contribution in [0.3, 0.4) is 0 Å². The molecular weight excluding hydrogens is 172 g/mol. The number of allylic oxidation sites excluding steroid dienone is 1. The first-order valence-corrected chi connectivity index (χ1v) is 5.03. The van der Waals surface area contributed by atoms with Gasteiger partial charge in [-0.15, -0.1) is 0 Å². The van der Waals surface area contributed by atoms with E-state index in [1.165, 1.54) is 24.5 Å². The van der Waals surface area contributed by atoms with Gasteiger partial charge >= 0.3 is 0 Å². The lowest BCUT2D eigenvalue weighted by atomic mass is 10.0. The van der Waals surface area contributed by atoms with Gasteiger partial charge in [0, 0.05) is 5.56 Å². The maximum Gasteiger partial charge on any atom is 0.185 e. The number of carbonyl (C=O) groups is 1. The third-order valence-corrected chi connectivity index (χ3v) is 2.24. The number of aryl methyl sites for hydroxylation is 1. The maximum absolute atomic E-state index is 11.2. The van der Waals surface area contributed by atoms with Crippen molar-refractivity contribution >= 4 is 5.78 Å². The third kappa shape index (κ3) is 2.84. The summed E-state index contributed by atoms with van der Waals surface area (Å²) in [6, 6.07) is 7.78. The first-order valence-electron chi connectivity index (χ1n) is 5.03. The molecule has 1 heteroatoms. The third-order valence-electron chi connectivity index (χ3n) is 2.24. The minimum atomic E-state index is -0.00737. The van der Waals surface area contributed by atoms with Crippen LogP contribution in [0.2, 0.25) is 0 Å². The molecule has 1 aromatic carbocycles. The lowest BCUT2D eigenvalue weighted by Crippen LogP contribution is -1.93. The molecule has 0 amide bonds. The van der Waals surface area contributed by atoms with Crippen LogP contribution in [-0.4, -0.2) is 5.78 Å². The van der Waals surface area contributed by atoms with Crippen LogP contribution in [0.25, 0.3) is 0 Å². The van der Waals surface area contributed by atoms with Crippen molar-refractivity contribution < 1.29 is 4.79 Å². The number of hydrogen-bond acceptors (Lipinski definition) is 1. The van der Waals surface area contributed by atoms with E-state index in [9.17, 15) is 4.79 Å². The van der Waals surface area contributed by atoms with Crippen molar-refractivity contribution in [2.24, 2.45) is 0 Å². The molecule has 1 nitrogen and oxygen atoms in total. The van der Waals surface area contributed by atoms with Crippen LogP contribution in [0.15, 0.2) is 36.9 Å². The zero-order valence-corrected chi connectivity index (χ0v) is 8.62. The minimum absolute atomic E-state index is 0.00737. The highest BCUT2D eigenvalue weighted by atomic mass is 16.1. The standard InChI is InChI=1S/C13H16O/c1-3-5-6-11-7-9-12(10-8-11)13(14)4-2/h4,7-10H,2-3,5-6H2,1H3. The predicted molar refractivity (Wildman–Crippen MR) is 59.6 cm³/mol. The Balaban J connectivity index is 2.68. The zero-order valence-electron chi connectivity index (χ0n) is 8.62.